The highest BCUT2D eigenvalue weighted by Gasteiger charge is 2.59. The molecular formula is C28H40N2. The molecule has 2 aliphatic carbocycles. The maximum Gasteiger partial charge on any atom is 0.112 e. The maximum atomic E-state index is 2.95. The van der Waals surface area contributed by atoms with Crippen molar-refractivity contribution in [2.24, 2.45) is 17.3 Å². The van der Waals surface area contributed by atoms with Crippen LogP contribution in [0.2, 0.25) is 0 Å². The first-order valence-electron chi connectivity index (χ1n) is 12.4. The smallest absolute Gasteiger partial charge is 0.112 e. The summed E-state index contributed by atoms with van der Waals surface area (Å²) in [7, 11) is 0. The predicted molar refractivity (Wildman–Crippen MR) is 127 cm³/mol. The number of para-hydroxylation sites is 1. The Balaban J connectivity index is 1.68. The molecule has 30 heavy (non-hydrogen) atoms. The van der Waals surface area contributed by atoms with Crippen molar-refractivity contribution in [3.05, 3.63) is 53.4 Å². The highest BCUT2D eigenvalue weighted by atomic mass is 15.5. The van der Waals surface area contributed by atoms with Gasteiger partial charge in [-0.2, -0.15) is 0 Å². The summed E-state index contributed by atoms with van der Waals surface area (Å²) < 4.78 is 0. The average Bonchev–Trinajstić information content (AvgIpc) is 3.48. The summed E-state index contributed by atoms with van der Waals surface area (Å²) in [5, 5.41) is 0. The van der Waals surface area contributed by atoms with Gasteiger partial charge < -0.3 is 9.80 Å². The fourth-order valence-corrected chi connectivity index (χ4v) is 7.34. The van der Waals surface area contributed by atoms with E-state index in [-0.39, 0.29) is 11.0 Å². The zero-order valence-electron chi connectivity index (χ0n) is 19.7. The number of nitrogens with zero attached hydrogens (tertiary/aromatic N) is 2. The van der Waals surface area contributed by atoms with Crippen LogP contribution >= 0.6 is 0 Å². The summed E-state index contributed by atoms with van der Waals surface area (Å²) in [6.45, 7) is 12.0. The molecular weight excluding hydrogens is 364 g/mol. The number of rotatable bonds is 3. The van der Waals surface area contributed by atoms with Gasteiger partial charge in [0.1, 0.15) is 6.17 Å². The van der Waals surface area contributed by atoms with E-state index in [4.69, 9.17) is 0 Å². The average molecular weight is 405 g/mol. The molecule has 4 aliphatic rings. The lowest BCUT2D eigenvalue weighted by molar-refractivity contribution is 0.00611. The second kappa shape index (κ2) is 7.18. The molecule has 0 radical (unpaired) electrons. The van der Waals surface area contributed by atoms with Crippen LogP contribution < -0.4 is 4.90 Å². The molecule has 2 fully saturated rings. The number of benzene rings is 1. The number of hydrogen-bond donors (Lipinski definition) is 0. The van der Waals surface area contributed by atoms with Crippen molar-refractivity contribution in [1.82, 2.24) is 4.90 Å². The van der Waals surface area contributed by atoms with Gasteiger partial charge in [-0.05, 0) is 69.1 Å². The molecule has 2 aliphatic heterocycles. The minimum Gasteiger partial charge on any atom is -0.339 e. The SMILES string of the molecule is CC1=C2C=CC(C3CCCC3)(C3CCCC3)N2C(C(C)(C)C)N1c1ccccc1C. The maximum absolute atomic E-state index is 2.95. The van der Waals surface area contributed by atoms with E-state index >= 15 is 0 Å². The molecule has 1 unspecified atom stereocenters. The Labute approximate surface area is 184 Å². The second-order valence-corrected chi connectivity index (χ2v) is 11.4. The quantitative estimate of drug-likeness (QED) is 0.517. The Hall–Kier alpha value is -1.70. The molecule has 162 valence electrons. The number of anilines is 1. The van der Waals surface area contributed by atoms with Crippen molar-refractivity contribution in [3.8, 4) is 0 Å². The van der Waals surface area contributed by atoms with E-state index < -0.39 is 0 Å². The number of allylic oxidation sites excluding steroid dienone is 2. The van der Waals surface area contributed by atoms with Gasteiger partial charge in [0.05, 0.1) is 11.2 Å². The Morgan fingerprint density at radius 1 is 0.867 bits per heavy atom. The van der Waals surface area contributed by atoms with E-state index in [0.29, 0.717) is 6.17 Å². The van der Waals surface area contributed by atoms with E-state index in [1.165, 1.54) is 74.0 Å². The standard InChI is InChI=1S/C28H40N2/c1-20-12-6-11-17-24(20)29-21(2)25-18-19-28(22-13-7-8-14-22,23-15-9-10-16-23)30(25)26(29)27(3,4)5/h6,11-12,17-19,22-23,26H,7-10,13-16H2,1-5H3. The van der Waals surface area contributed by atoms with Gasteiger partial charge >= 0.3 is 0 Å². The molecule has 0 spiro atoms. The van der Waals surface area contributed by atoms with Crippen molar-refractivity contribution in [3.63, 3.8) is 0 Å². The minimum atomic E-state index is 0.153. The lowest BCUT2D eigenvalue weighted by Crippen LogP contribution is -2.61. The first kappa shape index (κ1) is 20.2. The van der Waals surface area contributed by atoms with Crippen molar-refractivity contribution >= 4 is 5.69 Å². The van der Waals surface area contributed by atoms with E-state index in [2.05, 4.69) is 80.8 Å². The van der Waals surface area contributed by atoms with Crippen LogP contribution in [0.25, 0.3) is 0 Å². The highest BCUT2D eigenvalue weighted by molar-refractivity contribution is 5.63. The van der Waals surface area contributed by atoms with Crippen LogP contribution in [0, 0.1) is 24.2 Å². The van der Waals surface area contributed by atoms with Gasteiger partial charge in [0.25, 0.3) is 0 Å². The van der Waals surface area contributed by atoms with Gasteiger partial charge in [0.2, 0.25) is 0 Å². The van der Waals surface area contributed by atoms with Gasteiger partial charge in [-0.15, -0.1) is 0 Å². The molecule has 1 atom stereocenters. The Bertz CT molecular complexity index is 843. The van der Waals surface area contributed by atoms with Crippen LogP contribution in [-0.4, -0.2) is 16.6 Å². The molecule has 1 aromatic rings. The fourth-order valence-electron chi connectivity index (χ4n) is 7.34. The van der Waals surface area contributed by atoms with Crippen LogP contribution in [0.1, 0.15) is 84.6 Å². The Morgan fingerprint density at radius 2 is 1.43 bits per heavy atom. The molecule has 0 amide bonds. The molecule has 0 saturated heterocycles. The van der Waals surface area contributed by atoms with E-state index in [9.17, 15) is 0 Å². The summed E-state index contributed by atoms with van der Waals surface area (Å²) in [4.78, 5) is 5.63. The highest BCUT2D eigenvalue weighted by Crippen LogP contribution is 2.58. The summed E-state index contributed by atoms with van der Waals surface area (Å²) in [5.74, 6) is 1.62. The van der Waals surface area contributed by atoms with Crippen molar-refractivity contribution < 1.29 is 0 Å². The molecule has 2 saturated carbocycles. The fraction of sp³-hybridized carbons (Fsp3) is 0.643. The summed E-state index contributed by atoms with van der Waals surface area (Å²) in [6, 6.07) is 8.98. The number of fused-ring (bicyclic) bond motifs is 1. The van der Waals surface area contributed by atoms with Crippen LogP contribution in [0.5, 0.6) is 0 Å². The summed E-state index contributed by atoms with van der Waals surface area (Å²) in [6.07, 6.45) is 16.9. The van der Waals surface area contributed by atoms with Gasteiger partial charge in [-0.1, -0.05) is 70.7 Å². The van der Waals surface area contributed by atoms with E-state index in [0.717, 1.165) is 11.8 Å². The third-order valence-electron chi connectivity index (χ3n) is 8.57. The minimum absolute atomic E-state index is 0.153. The lowest BCUT2D eigenvalue weighted by Gasteiger charge is -2.54. The summed E-state index contributed by atoms with van der Waals surface area (Å²) >= 11 is 0. The third kappa shape index (κ3) is 2.82. The monoisotopic (exact) mass is 404 g/mol. The Kier molecular flexibility index (Phi) is 4.84. The number of hydrogen-bond acceptors (Lipinski definition) is 2. The normalized spacial score (nSPS) is 27.0. The first-order chi connectivity index (χ1) is 14.4. The summed E-state index contributed by atoms with van der Waals surface area (Å²) in [5.41, 5.74) is 6.08. The molecule has 5 rings (SSSR count). The van der Waals surface area contributed by atoms with Crippen molar-refractivity contribution in [1.29, 1.82) is 0 Å². The molecule has 2 heteroatoms. The second-order valence-electron chi connectivity index (χ2n) is 11.4. The van der Waals surface area contributed by atoms with Crippen molar-refractivity contribution in [2.45, 2.75) is 97.7 Å². The number of aryl methyl sites for hydroxylation is 1. The zero-order valence-corrected chi connectivity index (χ0v) is 19.7. The Morgan fingerprint density at radius 3 is 1.97 bits per heavy atom. The van der Waals surface area contributed by atoms with Crippen LogP contribution in [0.3, 0.4) is 0 Å². The van der Waals surface area contributed by atoms with Crippen LogP contribution in [0.15, 0.2) is 47.8 Å². The largest absolute Gasteiger partial charge is 0.339 e. The predicted octanol–water partition coefficient (Wildman–Crippen LogP) is 7.41. The van der Waals surface area contributed by atoms with Gasteiger partial charge in [0, 0.05) is 16.8 Å². The molecule has 0 N–H and O–H groups in total. The molecule has 0 aromatic heterocycles. The topological polar surface area (TPSA) is 6.48 Å². The lowest BCUT2D eigenvalue weighted by atomic mass is 9.70. The van der Waals surface area contributed by atoms with Crippen LogP contribution in [-0.2, 0) is 0 Å². The first-order valence-corrected chi connectivity index (χ1v) is 12.4. The zero-order chi connectivity index (χ0) is 21.1. The molecule has 2 nitrogen and oxygen atoms in total. The van der Waals surface area contributed by atoms with Gasteiger partial charge in [-0.3, -0.25) is 0 Å². The third-order valence-corrected chi connectivity index (χ3v) is 8.57. The van der Waals surface area contributed by atoms with Crippen LogP contribution in [0.4, 0.5) is 5.69 Å². The van der Waals surface area contributed by atoms with Crippen molar-refractivity contribution in [2.75, 3.05) is 4.90 Å². The molecule has 1 aromatic carbocycles. The van der Waals surface area contributed by atoms with E-state index in [1.807, 2.05) is 0 Å². The molecule has 2 heterocycles. The van der Waals surface area contributed by atoms with Gasteiger partial charge in [0.15, 0.2) is 0 Å². The van der Waals surface area contributed by atoms with Gasteiger partial charge in [-0.25, -0.2) is 0 Å². The molecule has 0 bridgehead atoms. The van der Waals surface area contributed by atoms with E-state index in [1.54, 1.807) is 0 Å².